The second kappa shape index (κ2) is 6.94. The largest absolute Gasteiger partial charge is 0.330 e. The first-order valence-corrected chi connectivity index (χ1v) is 7.78. The zero-order valence-electron chi connectivity index (χ0n) is 11.3. The van der Waals surface area contributed by atoms with Gasteiger partial charge in [-0.2, -0.15) is 0 Å². The van der Waals surface area contributed by atoms with E-state index in [0.717, 1.165) is 17.1 Å². The van der Waals surface area contributed by atoms with Crippen molar-refractivity contribution in [1.82, 2.24) is 5.32 Å². The maximum Gasteiger partial charge on any atom is 0.0468 e. The number of hydrogen-bond acceptors (Lipinski definition) is 2. The maximum absolute atomic E-state index is 6.26. The molecule has 1 fully saturated rings. The van der Waals surface area contributed by atoms with Crippen LogP contribution < -0.4 is 11.1 Å². The van der Waals surface area contributed by atoms with E-state index in [9.17, 15) is 0 Å². The van der Waals surface area contributed by atoms with Gasteiger partial charge in [0.1, 0.15) is 0 Å². The summed E-state index contributed by atoms with van der Waals surface area (Å²) in [5.41, 5.74) is 6.98. The van der Waals surface area contributed by atoms with E-state index < -0.39 is 0 Å². The minimum atomic E-state index is 0.224. The highest BCUT2D eigenvalue weighted by molar-refractivity contribution is 6.35. The average molecular weight is 301 g/mol. The zero-order valence-corrected chi connectivity index (χ0v) is 12.8. The summed E-state index contributed by atoms with van der Waals surface area (Å²) in [6.07, 6.45) is 5.03. The molecule has 0 aromatic heterocycles. The number of nitrogens with one attached hydrogen (secondary N) is 1. The molecular formula is C15H22Cl2N2. The fraction of sp³-hybridized carbons (Fsp3) is 0.600. The topological polar surface area (TPSA) is 38.0 Å². The van der Waals surface area contributed by atoms with Crippen LogP contribution in [0.5, 0.6) is 0 Å². The second-order valence-corrected chi connectivity index (χ2v) is 6.28. The third-order valence-electron chi connectivity index (χ3n) is 4.10. The van der Waals surface area contributed by atoms with E-state index in [1.54, 1.807) is 6.07 Å². The standard InChI is InChI=1S/C15H22Cl2N2/c1-10(13-7-6-12(16)8-14(13)17)19-15-5-3-2-4-11(15)9-18/h6-8,10-11,15,19H,2-5,9,18H2,1H3. The Morgan fingerprint density at radius 1 is 1.32 bits per heavy atom. The van der Waals surface area contributed by atoms with Crippen molar-refractivity contribution < 1.29 is 0 Å². The molecule has 1 aliphatic rings. The molecule has 0 aliphatic heterocycles. The van der Waals surface area contributed by atoms with Crippen molar-refractivity contribution in [2.24, 2.45) is 11.7 Å². The minimum Gasteiger partial charge on any atom is -0.330 e. The van der Waals surface area contributed by atoms with E-state index in [4.69, 9.17) is 28.9 Å². The second-order valence-electron chi connectivity index (χ2n) is 5.44. The third-order valence-corrected chi connectivity index (χ3v) is 4.67. The third kappa shape index (κ3) is 3.85. The van der Waals surface area contributed by atoms with Gasteiger partial charge in [-0.1, -0.05) is 42.1 Å². The van der Waals surface area contributed by atoms with Gasteiger partial charge >= 0.3 is 0 Å². The lowest BCUT2D eigenvalue weighted by molar-refractivity contribution is 0.252. The zero-order chi connectivity index (χ0) is 13.8. The molecule has 1 saturated carbocycles. The Hall–Kier alpha value is -0.280. The molecule has 0 radical (unpaired) electrons. The summed E-state index contributed by atoms with van der Waals surface area (Å²) in [4.78, 5) is 0. The van der Waals surface area contributed by atoms with E-state index in [-0.39, 0.29) is 6.04 Å². The molecule has 1 aromatic rings. The molecule has 0 saturated heterocycles. The van der Waals surface area contributed by atoms with Gasteiger partial charge in [0, 0.05) is 22.1 Å². The molecule has 19 heavy (non-hydrogen) atoms. The van der Waals surface area contributed by atoms with E-state index >= 15 is 0 Å². The van der Waals surface area contributed by atoms with Crippen molar-refractivity contribution in [1.29, 1.82) is 0 Å². The van der Waals surface area contributed by atoms with Crippen LogP contribution in [-0.2, 0) is 0 Å². The number of nitrogens with two attached hydrogens (primary N) is 1. The fourth-order valence-electron chi connectivity index (χ4n) is 2.97. The van der Waals surface area contributed by atoms with Gasteiger partial charge in [-0.3, -0.25) is 0 Å². The quantitative estimate of drug-likeness (QED) is 0.876. The number of halogens is 2. The van der Waals surface area contributed by atoms with Gasteiger partial charge in [-0.15, -0.1) is 0 Å². The van der Waals surface area contributed by atoms with Crippen LogP contribution in [0.1, 0.15) is 44.2 Å². The van der Waals surface area contributed by atoms with Crippen molar-refractivity contribution in [3.8, 4) is 0 Å². The lowest BCUT2D eigenvalue weighted by atomic mass is 9.84. The molecular weight excluding hydrogens is 279 g/mol. The summed E-state index contributed by atoms with van der Waals surface area (Å²) in [5.74, 6) is 0.585. The minimum absolute atomic E-state index is 0.224. The molecule has 0 heterocycles. The van der Waals surface area contributed by atoms with Crippen LogP contribution in [0.2, 0.25) is 10.0 Å². The summed E-state index contributed by atoms with van der Waals surface area (Å²) < 4.78 is 0. The number of hydrogen-bond donors (Lipinski definition) is 2. The normalized spacial score (nSPS) is 25.3. The van der Waals surface area contributed by atoms with Crippen LogP contribution in [0.4, 0.5) is 0 Å². The van der Waals surface area contributed by atoms with E-state index in [1.807, 2.05) is 12.1 Å². The highest BCUT2D eigenvalue weighted by atomic mass is 35.5. The van der Waals surface area contributed by atoms with Crippen molar-refractivity contribution in [3.63, 3.8) is 0 Å². The number of benzene rings is 1. The van der Waals surface area contributed by atoms with Crippen LogP contribution in [0.25, 0.3) is 0 Å². The predicted molar refractivity (Wildman–Crippen MR) is 82.8 cm³/mol. The Morgan fingerprint density at radius 2 is 2.05 bits per heavy atom. The van der Waals surface area contributed by atoms with Crippen LogP contribution in [0, 0.1) is 5.92 Å². The van der Waals surface area contributed by atoms with Crippen molar-refractivity contribution >= 4 is 23.2 Å². The van der Waals surface area contributed by atoms with E-state index in [0.29, 0.717) is 17.0 Å². The first-order chi connectivity index (χ1) is 9.11. The van der Waals surface area contributed by atoms with Gasteiger partial charge in [0.15, 0.2) is 0 Å². The molecule has 0 bridgehead atoms. The van der Waals surface area contributed by atoms with E-state index in [2.05, 4.69) is 12.2 Å². The fourth-order valence-corrected chi connectivity index (χ4v) is 3.54. The van der Waals surface area contributed by atoms with Gasteiger partial charge in [0.05, 0.1) is 0 Å². The van der Waals surface area contributed by atoms with Crippen LogP contribution in [0.3, 0.4) is 0 Å². The average Bonchev–Trinajstić information content (AvgIpc) is 2.39. The highest BCUT2D eigenvalue weighted by Gasteiger charge is 2.25. The van der Waals surface area contributed by atoms with Gasteiger partial charge in [-0.25, -0.2) is 0 Å². The molecule has 2 nitrogen and oxygen atoms in total. The molecule has 106 valence electrons. The lowest BCUT2D eigenvalue weighted by Gasteiger charge is -2.34. The Labute approximate surface area is 125 Å². The van der Waals surface area contributed by atoms with Crippen LogP contribution in [0.15, 0.2) is 18.2 Å². The molecule has 2 rings (SSSR count). The molecule has 4 heteroatoms. The Kier molecular flexibility index (Phi) is 5.52. The first kappa shape index (κ1) is 15.1. The molecule has 3 atom stereocenters. The summed E-state index contributed by atoms with van der Waals surface area (Å²) in [5, 5.41) is 5.10. The summed E-state index contributed by atoms with van der Waals surface area (Å²) in [7, 11) is 0. The molecule has 1 aliphatic carbocycles. The molecule has 1 aromatic carbocycles. The van der Waals surface area contributed by atoms with Crippen molar-refractivity contribution in [2.75, 3.05) is 6.54 Å². The summed E-state index contributed by atoms with van der Waals surface area (Å²) in [6.45, 7) is 2.91. The van der Waals surface area contributed by atoms with Crippen LogP contribution >= 0.6 is 23.2 Å². The van der Waals surface area contributed by atoms with Gasteiger partial charge in [0.2, 0.25) is 0 Å². The monoisotopic (exact) mass is 300 g/mol. The SMILES string of the molecule is CC(NC1CCCCC1CN)c1ccc(Cl)cc1Cl. The first-order valence-electron chi connectivity index (χ1n) is 7.03. The van der Waals surface area contributed by atoms with Gasteiger partial charge in [-0.05, 0) is 49.9 Å². The molecule has 0 amide bonds. The highest BCUT2D eigenvalue weighted by Crippen LogP contribution is 2.29. The Morgan fingerprint density at radius 3 is 2.74 bits per heavy atom. The maximum atomic E-state index is 6.26. The van der Waals surface area contributed by atoms with Crippen molar-refractivity contribution in [3.05, 3.63) is 33.8 Å². The van der Waals surface area contributed by atoms with Gasteiger partial charge in [0.25, 0.3) is 0 Å². The predicted octanol–water partition coefficient (Wildman–Crippen LogP) is 4.16. The molecule has 3 N–H and O–H groups in total. The van der Waals surface area contributed by atoms with Gasteiger partial charge < -0.3 is 11.1 Å². The Bertz CT molecular complexity index is 423. The molecule has 0 spiro atoms. The van der Waals surface area contributed by atoms with E-state index in [1.165, 1.54) is 25.7 Å². The summed E-state index contributed by atoms with van der Waals surface area (Å²) in [6, 6.07) is 6.42. The molecule has 3 unspecified atom stereocenters. The Balaban J connectivity index is 2.05. The smallest absolute Gasteiger partial charge is 0.0468 e. The number of rotatable bonds is 4. The van der Waals surface area contributed by atoms with Crippen molar-refractivity contribution in [2.45, 2.75) is 44.7 Å². The van der Waals surface area contributed by atoms with Crippen LogP contribution in [-0.4, -0.2) is 12.6 Å². The summed E-state index contributed by atoms with van der Waals surface area (Å²) >= 11 is 12.2. The lowest BCUT2D eigenvalue weighted by Crippen LogP contribution is -2.42.